The Hall–Kier alpha value is -2.68. The maximum absolute atomic E-state index is 13.3. The zero-order chi connectivity index (χ0) is 24.3. The summed E-state index contributed by atoms with van der Waals surface area (Å²) in [6.45, 7) is 5.26. The third-order valence-corrected chi connectivity index (χ3v) is 8.50. The maximum Gasteiger partial charge on any atom is 0.267 e. The standard InChI is InChI=1S/C26H34N4O3S/c1-20-9-7-8-15-29(20)16-14-27-26(31)25-18-22-17-23(34(32,33)28(2)3)12-13-24(22)30(25)19-21-10-5-4-6-11-21/h4-6,10-13,17-18,20H,7-9,14-16,19H2,1-3H3,(H,27,31). The van der Waals surface area contributed by atoms with Crippen molar-refractivity contribution in [3.05, 3.63) is 65.9 Å². The van der Waals surface area contributed by atoms with Crippen molar-refractivity contribution in [2.24, 2.45) is 0 Å². The van der Waals surface area contributed by atoms with Crippen molar-refractivity contribution in [1.82, 2.24) is 19.1 Å². The summed E-state index contributed by atoms with van der Waals surface area (Å²) in [7, 11) is -0.533. The molecule has 1 fully saturated rings. The number of fused-ring (bicyclic) bond motifs is 1. The predicted molar refractivity (Wildman–Crippen MR) is 136 cm³/mol. The average molecular weight is 483 g/mol. The minimum absolute atomic E-state index is 0.145. The molecule has 1 aromatic heterocycles. The number of likely N-dealkylation sites (tertiary alicyclic amines) is 1. The van der Waals surface area contributed by atoms with Gasteiger partial charge < -0.3 is 9.88 Å². The molecule has 1 aliphatic rings. The Kier molecular flexibility index (Phi) is 7.40. The minimum Gasteiger partial charge on any atom is -0.349 e. The molecule has 1 amide bonds. The number of hydrogen-bond acceptors (Lipinski definition) is 4. The Morgan fingerprint density at radius 2 is 1.85 bits per heavy atom. The van der Waals surface area contributed by atoms with E-state index in [1.165, 1.54) is 37.7 Å². The molecule has 8 heteroatoms. The summed E-state index contributed by atoms with van der Waals surface area (Å²) in [6, 6.07) is 17.4. The molecule has 0 aliphatic carbocycles. The Balaban J connectivity index is 1.63. The number of hydrogen-bond donors (Lipinski definition) is 1. The number of carbonyl (C=O) groups is 1. The van der Waals surface area contributed by atoms with Gasteiger partial charge in [0.1, 0.15) is 5.69 Å². The van der Waals surface area contributed by atoms with E-state index >= 15 is 0 Å². The van der Waals surface area contributed by atoms with Gasteiger partial charge >= 0.3 is 0 Å². The average Bonchev–Trinajstić information content (AvgIpc) is 3.18. The molecule has 0 saturated carbocycles. The molecule has 4 rings (SSSR count). The maximum atomic E-state index is 13.3. The Morgan fingerprint density at radius 1 is 1.09 bits per heavy atom. The minimum atomic E-state index is -3.56. The second-order valence-corrected chi connectivity index (χ2v) is 11.4. The van der Waals surface area contributed by atoms with Crippen molar-refractivity contribution in [2.45, 2.75) is 43.7 Å². The van der Waals surface area contributed by atoms with E-state index in [-0.39, 0.29) is 10.8 Å². The fourth-order valence-corrected chi connectivity index (χ4v) is 5.58. The van der Waals surface area contributed by atoms with E-state index in [2.05, 4.69) is 17.1 Å². The van der Waals surface area contributed by atoms with E-state index < -0.39 is 10.0 Å². The summed E-state index contributed by atoms with van der Waals surface area (Å²) in [5, 5.41) is 3.82. The molecule has 2 heterocycles. The van der Waals surface area contributed by atoms with E-state index in [1.807, 2.05) is 34.9 Å². The van der Waals surface area contributed by atoms with Gasteiger partial charge in [-0.2, -0.15) is 0 Å². The zero-order valence-electron chi connectivity index (χ0n) is 20.2. The Labute approximate surface area is 202 Å². The van der Waals surface area contributed by atoms with E-state index in [1.54, 1.807) is 24.3 Å². The largest absolute Gasteiger partial charge is 0.349 e. The summed E-state index contributed by atoms with van der Waals surface area (Å²) in [5.74, 6) is -0.145. The second-order valence-electron chi connectivity index (χ2n) is 9.25. The van der Waals surface area contributed by atoms with E-state index in [0.717, 1.165) is 29.6 Å². The van der Waals surface area contributed by atoms with Crippen molar-refractivity contribution in [3.63, 3.8) is 0 Å². The Morgan fingerprint density at radius 3 is 2.56 bits per heavy atom. The topological polar surface area (TPSA) is 74.7 Å². The van der Waals surface area contributed by atoms with Crippen molar-refractivity contribution in [2.75, 3.05) is 33.7 Å². The summed E-state index contributed by atoms with van der Waals surface area (Å²) in [5.41, 5.74) is 2.43. The number of piperidine rings is 1. The van der Waals surface area contributed by atoms with Crippen LogP contribution in [0.15, 0.2) is 59.5 Å². The van der Waals surface area contributed by atoms with Crippen LogP contribution in [0, 0.1) is 0 Å². The molecule has 182 valence electrons. The fourth-order valence-electron chi connectivity index (χ4n) is 4.64. The smallest absolute Gasteiger partial charge is 0.267 e. The highest BCUT2D eigenvalue weighted by Crippen LogP contribution is 2.26. The molecule has 0 spiro atoms. The highest BCUT2D eigenvalue weighted by Gasteiger charge is 2.22. The monoisotopic (exact) mass is 482 g/mol. The quantitative estimate of drug-likeness (QED) is 0.533. The number of amides is 1. The van der Waals surface area contributed by atoms with Crippen molar-refractivity contribution >= 4 is 26.8 Å². The van der Waals surface area contributed by atoms with Gasteiger partial charge in [0.15, 0.2) is 0 Å². The van der Waals surface area contributed by atoms with E-state index in [9.17, 15) is 13.2 Å². The van der Waals surface area contributed by atoms with E-state index in [0.29, 0.717) is 24.8 Å². The van der Waals surface area contributed by atoms with Gasteiger partial charge in [0.2, 0.25) is 10.0 Å². The van der Waals surface area contributed by atoms with Crippen LogP contribution < -0.4 is 5.32 Å². The van der Waals surface area contributed by atoms with Crippen molar-refractivity contribution in [1.29, 1.82) is 0 Å². The molecule has 0 radical (unpaired) electrons. The van der Waals surface area contributed by atoms with Crippen molar-refractivity contribution in [3.8, 4) is 0 Å². The van der Waals surface area contributed by atoms with Crippen LogP contribution in [0.3, 0.4) is 0 Å². The summed E-state index contributed by atoms with van der Waals surface area (Å²) >= 11 is 0. The van der Waals surface area contributed by atoms with Crippen LogP contribution in [0.25, 0.3) is 10.9 Å². The number of benzene rings is 2. The lowest BCUT2D eigenvalue weighted by molar-refractivity contribution is 0.0930. The number of sulfonamides is 1. The van der Waals surface area contributed by atoms with Gasteiger partial charge in [0.05, 0.1) is 4.90 Å². The molecule has 1 aliphatic heterocycles. The van der Waals surface area contributed by atoms with Gasteiger partial charge in [-0.25, -0.2) is 12.7 Å². The number of nitrogens with one attached hydrogen (secondary N) is 1. The molecule has 0 bridgehead atoms. The lowest BCUT2D eigenvalue weighted by Crippen LogP contribution is -2.42. The molecule has 1 unspecified atom stereocenters. The van der Waals surface area contributed by atoms with Crippen LogP contribution >= 0.6 is 0 Å². The molecular weight excluding hydrogens is 448 g/mol. The number of nitrogens with zero attached hydrogens (tertiary/aromatic N) is 3. The second kappa shape index (κ2) is 10.3. The Bertz CT molecular complexity index is 1250. The van der Waals surface area contributed by atoms with Gasteiger partial charge in [-0.05, 0) is 56.1 Å². The predicted octanol–water partition coefficient (Wildman–Crippen LogP) is 3.54. The van der Waals surface area contributed by atoms with Gasteiger partial charge in [-0.3, -0.25) is 9.69 Å². The van der Waals surface area contributed by atoms with Crippen LogP contribution in [-0.2, 0) is 16.6 Å². The summed E-state index contributed by atoms with van der Waals surface area (Å²) in [4.78, 5) is 15.9. The first-order valence-electron chi connectivity index (χ1n) is 11.9. The third kappa shape index (κ3) is 5.19. The highest BCUT2D eigenvalue weighted by atomic mass is 32.2. The highest BCUT2D eigenvalue weighted by molar-refractivity contribution is 7.89. The molecule has 34 heavy (non-hydrogen) atoms. The van der Waals surface area contributed by atoms with Crippen LogP contribution in [0.5, 0.6) is 0 Å². The van der Waals surface area contributed by atoms with Gasteiger partial charge in [-0.15, -0.1) is 0 Å². The molecule has 1 N–H and O–H groups in total. The van der Waals surface area contributed by atoms with Crippen LogP contribution in [0.1, 0.15) is 42.2 Å². The van der Waals surface area contributed by atoms with Crippen LogP contribution in [-0.4, -0.2) is 67.9 Å². The lowest BCUT2D eigenvalue weighted by Gasteiger charge is -2.33. The SMILES string of the molecule is CC1CCCCN1CCNC(=O)c1cc2cc(S(=O)(=O)N(C)C)ccc2n1Cc1ccccc1. The van der Waals surface area contributed by atoms with Crippen molar-refractivity contribution < 1.29 is 13.2 Å². The number of aromatic nitrogens is 1. The first-order chi connectivity index (χ1) is 16.3. The van der Waals surface area contributed by atoms with Crippen LogP contribution in [0.2, 0.25) is 0 Å². The normalized spacial score (nSPS) is 17.4. The summed E-state index contributed by atoms with van der Waals surface area (Å²) in [6.07, 6.45) is 3.69. The summed E-state index contributed by atoms with van der Waals surface area (Å²) < 4.78 is 28.5. The van der Waals surface area contributed by atoms with Gasteiger partial charge in [0, 0.05) is 50.7 Å². The zero-order valence-corrected chi connectivity index (χ0v) is 21.0. The first-order valence-corrected chi connectivity index (χ1v) is 13.3. The fraction of sp³-hybridized carbons (Fsp3) is 0.423. The van der Waals surface area contributed by atoms with Crippen LogP contribution in [0.4, 0.5) is 0 Å². The van der Waals surface area contributed by atoms with Gasteiger partial charge in [0.25, 0.3) is 5.91 Å². The number of carbonyl (C=O) groups excluding carboxylic acids is 1. The van der Waals surface area contributed by atoms with Gasteiger partial charge in [-0.1, -0.05) is 36.8 Å². The molecular formula is C26H34N4O3S. The number of rotatable bonds is 8. The molecule has 3 aromatic rings. The lowest BCUT2D eigenvalue weighted by atomic mass is 10.0. The first kappa shape index (κ1) is 24.4. The molecule has 7 nitrogen and oxygen atoms in total. The third-order valence-electron chi connectivity index (χ3n) is 6.69. The van der Waals surface area contributed by atoms with E-state index in [4.69, 9.17) is 0 Å². The molecule has 2 aromatic carbocycles. The molecule has 1 atom stereocenters. The molecule has 1 saturated heterocycles.